The summed E-state index contributed by atoms with van der Waals surface area (Å²) in [6.45, 7) is 3.76. The smallest absolute Gasteiger partial charge is 0.244 e. The fraction of sp³-hybridized carbons (Fsp3) is 0.576. The van der Waals surface area contributed by atoms with Gasteiger partial charge in [-0.2, -0.15) is 0 Å². The average Bonchev–Trinajstić information content (AvgIpc) is 2.95. The van der Waals surface area contributed by atoms with Crippen molar-refractivity contribution in [2.24, 2.45) is 17.8 Å². The molecule has 0 aliphatic heterocycles. The Labute approximate surface area is 266 Å². The number of anilines is 1. The van der Waals surface area contributed by atoms with Gasteiger partial charge < -0.3 is 10.2 Å². The van der Waals surface area contributed by atoms with E-state index in [9.17, 15) is 18.0 Å². The molecular formula is C33H43Cl2N3O4S. The molecule has 43 heavy (non-hydrogen) atoms. The molecule has 2 aromatic carbocycles. The highest BCUT2D eigenvalue weighted by Gasteiger charge is 2.51. The summed E-state index contributed by atoms with van der Waals surface area (Å²) in [6.07, 6.45) is 9.88. The SMILES string of the molecule is CCCNC(=O)[C@H](CC)N(Cc1c(Cl)cccc1Cl)C(=O)CN(c1ccc(C23CC4CC(CC(C4)C2)C3)cc1)S(C)(=O)=O. The molecule has 234 valence electrons. The lowest BCUT2D eigenvalue weighted by atomic mass is 9.48. The maximum Gasteiger partial charge on any atom is 0.244 e. The van der Waals surface area contributed by atoms with Crippen LogP contribution in [-0.4, -0.2) is 50.5 Å². The van der Waals surface area contributed by atoms with Gasteiger partial charge >= 0.3 is 0 Å². The molecule has 2 amide bonds. The first kappa shape index (κ1) is 32.1. The molecule has 6 rings (SSSR count). The topological polar surface area (TPSA) is 86.8 Å². The summed E-state index contributed by atoms with van der Waals surface area (Å²) in [4.78, 5) is 28.6. The standard InChI is InChI=1S/C33H43Cl2N3O4S/c1-4-13-36-32(40)30(5-2)37(20-27-28(34)7-6-8-29(27)35)31(39)21-38(43(3,41)42)26-11-9-25(10-12-26)33-17-22-14-23(18-33)16-24(15-22)19-33/h6-12,22-24,30H,4-5,13-21H2,1-3H3,(H,36,40)/t22?,23?,24?,30-,33?/m0/s1. The molecule has 0 radical (unpaired) electrons. The third-order valence-electron chi connectivity index (χ3n) is 9.81. The van der Waals surface area contributed by atoms with Gasteiger partial charge in [-0.15, -0.1) is 0 Å². The van der Waals surface area contributed by atoms with Crippen LogP contribution in [-0.2, 0) is 31.6 Å². The van der Waals surface area contributed by atoms with Crippen molar-refractivity contribution >= 4 is 50.7 Å². The van der Waals surface area contributed by atoms with Gasteiger partial charge in [-0.25, -0.2) is 8.42 Å². The number of halogens is 2. The quantitative estimate of drug-likeness (QED) is 0.283. The van der Waals surface area contributed by atoms with E-state index in [4.69, 9.17) is 23.2 Å². The summed E-state index contributed by atoms with van der Waals surface area (Å²) in [5.74, 6) is 1.59. The van der Waals surface area contributed by atoms with E-state index in [2.05, 4.69) is 17.4 Å². The number of amides is 2. The second kappa shape index (κ2) is 13.0. The van der Waals surface area contributed by atoms with E-state index < -0.39 is 28.5 Å². The molecule has 2 aromatic rings. The average molecular weight is 649 g/mol. The molecule has 1 N–H and O–H groups in total. The van der Waals surface area contributed by atoms with Crippen molar-refractivity contribution in [2.75, 3.05) is 23.7 Å². The van der Waals surface area contributed by atoms with E-state index in [0.29, 0.717) is 34.3 Å². The summed E-state index contributed by atoms with van der Waals surface area (Å²) < 4.78 is 27.4. The Morgan fingerprint density at radius 2 is 1.51 bits per heavy atom. The van der Waals surface area contributed by atoms with Crippen LogP contribution in [0.2, 0.25) is 10.0 Å². The molecule has 0 aromatic heterocycles. The van der Waals surface area contributed by atoms with Gasteiger partial charge in [0.1, 0.15) is 12.6 Å². The Morgan fingerprint density at radius 3 is 2.00 bits per heavy atom. The number of benzene rings is 2. The van der Waals surface area contributed by atoms with Crippen LogP contribution in [0.5, 0.6) is 0 Å². The number of carbonyl (C=O) groups is 2. The van der Waals surface area contributed by atoms with Crippen LogP contribution in [0.15, 0.2) is 42.5 Å². The molecule has 4 aliphatic carbocycles. The molecule has 0 heterocycles. The number of hydrogen-bond acceptors (Lipinski definition) is 4. The lowest BCUT2D eigenvalue weighted by Crippen LogP contribution is -2.52. The minimum Gasteiger partial charge on any atom is -0.354 e. The number of nitrogens with one attached hydrogen (secondary N) is 1. The van der Waals surface area contributed by atoms with E-state index in [1.54, 1.807) is 18.2 Å². The third-order valence-corrected chi connectivity index (χ3v) is 11.7. The summed E-state index contributed by atoms with van der Waals surface area (Å²) in [6, 6.07) is 12.1. The van der Waals surface area contributed by atoms with Gasteiger partial charge in [-0.3, -0.25) is 13.9 Å². The van der Waals surface area contributed by atoms with Gasteiger partial charge in [0.2, 0.25) is 21.8 Å². The van der Waals surface area contributed by atoms with Crippen molar-refractivity contribution in [1.82, 2.24) is 10.2 Å². The normalized spacial score (nSPS) is 24.9. The minimum atomic E-state index is -3.83. The van der Waals surface area contributed by atoms with E-state index in [-0.39, 0.29) is 17.9 Å². The van der Waals surface area contributed by atoms with Crippen LogP contribution in [0.4, 0.5) is 5.69 Å². The fourth-order valence-electron chi connectivity index (χ4n) is 8.20. The van der Waals surface area contributed by atoms with Crippen molar-refractivity contribution in [1.29, 1.82) is 0 Å². The lowest BCUT2D eigenvalue weighted by Gasteiger charge is -2.57. The van der Waals surface area contributed by atoms with Crippen LogP contribution in [0.1, 0.15) is 76.3 Å². The number of rotatable bonds is 12. The summed E-state index contributed by atoms with van der Waals surface area (Å²) >= 11 is 12.9. The second-order valence-electron chi connectivity index (χ2n) is 13.0. The Morgan fingerprint density at radius 1 is 0.953 bits per heavy atom. The Kier molecular flexibility index (Phi) is 9.69. The van der Waals surface area contributed by atoms with Gasteiger partial charge in [0.25, 0.3) is 0 Å². The first-order chi connectivity index (χ1) is 20.4. The molecular weight excluding hydrogens is 605 g/mol. The van der Waals surface area contributed by atoms with Crippen molar-refractivity contribution < 1.29 is 18.0 Å². The first-order valence-corrected chi connectivity index (χ1v) is 18.1. The zero-order valence-corrected chi connectivity index (χ0v) is 27.6. The van der Waals surface area contributed by atoms with Gasteiger partial charge in [-0.05, 0) is 104 Å². The third kappa shape index (κ3) is 6.86. The molecule has 4 saturated carbocycles. The molecule has 10 heteroatoms. The van der Waals surface area contributed by atoms with E-state index in [1.165, 1.54) is 49.0 Å². The number of carbonyl (C=O) groups excluding carboxylic acids is 2. The predicted molar refractivity (Wildman–Crippen MR) is 173 cm³/mol. The molecule has 1 atom stereocenters. The van der Waals surface area contributed by atoms with Crippen LogP contribution in [0.25, 0.3) is 0 Å². The second-order valence-corrected chi connectivity index (χ2v) is 15.7. The van der Waals surface area contributed by atoms with Crippen molar-refractivity contribution in [2.45, 2.75) is 83.2 Å². The van der Waals surface area contributed by atoms with Gasteiger partial charge in [0.05, 0.1) is 11.9 Å². The highest BCUT2D eigenvalue weighted by Crippen LogP contribution is 2.60. The summed E-state index contributed by atoms with van der Waals surface area (Å²) in [5.41, 5.74) is 2.41. The Hall–Kier alpha value is -2.29. The van der Waals surface area contributed by atoms with Crippen LogP contribution >= 0.6 is 23.2 Å². The zero-order valence-electron chi connectivity index (χ0n) is 25.3. The van der Waals surface area contributed by atoms with E-state index >= 15 is 0 Å². The molecule has 4 fully saturated rings. The summed E-state index contributed by atoms with van der Waals surface area (Å²) in [5, 5.41) is 3.62. The van der Waals surface area contributed by atoms with Gasteiger partial charge in [0, 0.05) is 28.7 Å². The minimum absolute atomic E-state index is 0.0298. The maximum absolute atomic E-state index is 14.0. The lowest BCUT2D eigenvalue weighted by molar-refractivity contribution is -0.140. The zero-order chi connectivity index (χ0) is 30.9. The van der Waals surface area contributed by atoms with Gasteiger partial charge in [-0.1, -0.05) is 55.2 Å². The van der Waals surface area contributed by atoms with Gasteiger partial charge in [0.15, 0.2) is 0 Å². The Balaban J connectivity index is 1.42. The highest BCUT2D eigenvalue weighted by molar-refractivity contribution is 7.92. The Bertz CT molecular complexity index is 1390. The molecule has 7 nitrogen and oxygen atoms in total. The van der Waals surface area contributed by atoms with Crippen LogP contribution in [0, 0.1) is 17.8 Å². The number of sulfonamides is 1. The van der Waals surface area contributed by atoms with E-state index in [0.717, 1.165) is 34.7 Å². The summed E-state index contributed by atoms with van der Waals surface area (Å²) in [7, 11) is -3.83. The maximum atomic E-state index is 14.0. The fourth-order valence-corrected chi connectivity index (χ4v) is 9.56. The molecule has 4 bridgehead atoms. The largest absolute Gasteiger partial charge is 0.354 e. The van der Waals surface area contributed by atoms with Crippen molar-refractivity contribution in [3.8, 4) is 0 Å². The monoisotopic (exact) mass is 647 g/mol. The first-order valence-electron chi connectivity index (χ1n) is 15.5. The molecule has 4 aliphatic rings. The van der Waals surface area contributed by atoms with Crippen molar-refractivity contribution in [3.63, 3.8) is 0 Å². The number of nitrogens with zero attached hydrogens (tertiary/aromatic N) is 2. The van der Waals surface area contributed by atoms with Crippen molar-refractivity contribution in [3.05, 3.63) is 63.6 Å². The van der Waals surface area contributed by atoms with Crippen LogP contribution < -0.4 is 9.62 Å². The highest BCUT2D eigenvalue weighted by atomic mass is 35.5. The molecule has 0 saturated heterocycles. The molecule has 0 unspecified atom stereocenters. The van der Waals surface area contributed by atoms with Crippen LogP contribution in [0.3, 0.4) is 0 Å². The predicted octanol–water partition coefficient (Wildman–Crippen LogP) is 6.56. The number of hydrogen-bond donors (Lipinski definition) is 1. The van der Waals surface area contributed by atoms with E-state index in [1.807, 2.05) is 26.0 Å². The molecule has 0 spiro atoms.